The molecule has 2 aromatic carbocycles. The van der Waals surface area contributed by atoms with Crippen molar-refractivity contribution in [3.8, 4) is 11.3 Å². The molecular formula is C27H29ClN4O3. The molecule has 182 valence electrons. The average molecular weight is 493 g/mol. The third-order valence-electron chi connectivity index (χ3n) is 6.32. The summed E-state index contributed by atoms with van der Waals surface area (Å²) in [4.78, 5) is 40.2. The van der Waals surface area contributed by atoms with Crippen molar-refractivity contribution < 1.29 is 9.59 Å². The lowest BCUT2D eigenvalue weighted by atomic mass is 9.93. The van der Waals surface area contributed by atoms with Crippen LogP contribution in [0.15, 0.2) is 65.5 Å². The van der Waals surface area contributed by atoms with Gasteiger partial charge in [0.15, 0.2) is 0 Å². The highest BCUT2D eigenvalue weighted by Gasteiger charge is 2.25. The van der Waals surface area contributed by atoms with Gasteiger partial charge in [0.2, 0.25) is 5.91 Å². The first-order chi connectivity index (χ1) is 17.0. The van der Waals surface area contributed by atoms with Crippen LogP contribution in [0.1, 0.15) is 49.4 Å². The summed E-state index contributed by atoms with van der Waals surface area (Å²) in [7, 11) is 0. The van der Waals surface area contributed by atoms with Crippen LogP contribution in [0.5, 0.6) is 0 Å². The van der Waals surface area contributed by atoms with Gasteiger partial charge in [-0.15, -0.1) is 0 Å². The van der Waals surface area contributed by atoms with Crippen LogP contribution >= 0.6 is 11.6 Å². The summed E-state index contributed by atoms with van der Waals surface area (Å²) in [6.07, 6.45) is 5.59. The molecule has 1 heterocycles. The zero-order valence-corrected chi connectivity index (χ0v) is 20.5. The number of hydrogen-bond acceptors (Lipinski definition) is 4. The fourth-order valence-electron chi connectivity index (χ4n) is 4.57. The van der Waals surface area contributed by atoms with Gasteiger partial charge in [-0.2, -0.15) is 5.10 Å². The summed E-state index contributed by atoms with van der Waals surface area (Å²) in [5.41, 5.74) is 1.80. The number of carbonyl (C=O) groups excluding carboxylic acids is 2. The number of hydrogen-bond donors (Lipinski definition) is 1. The molecule has 1 aliphatic rings. The van der Waals surface area contributed by atoms with E-state index in [-0.39, 0.29) is 18.5 Å². The van der Waals surface area contributed by atoms with Crippen LogP contribution < -0.4 is 10.9 Å². The number of nitrogens with one attached hydrogen (secondary N) is 1. The zero-order valence-electron chi connectivity index (χ0n) is 19.7. The van der Waals surface area contributed by atoms with Crippen molar-refractivity contribution in [1.29, 1.82) is 0 Å². The van der Waals surface area contributed by atoms with Crippen molar-refractivity contribution in [1.82, 2.24) is 14.7 Å². The summed E-state index contributed by atoms with van der Waals surface area (Å²) in [6, 6.07) is 17.3. The van der Waals surface area contributed by atoms with Crippen molar-refractivity contribution in [2.75, 3.05) is 11.9 Å². The Balaban J connectivity index is 1.47. The van der Waals surface area contributed by atoms with E-state index in [1.165, 1.54) is 12.5 Å². The first-order valence-corrected chi connectivity index (χ1v) is 12.4. The highest BCUT2D eigenvalue weighted by atomic mass is 35.5. The van der Waals surface area contributed by atoms with Gasteiger partial charge in [-0.25, -0.2) is 4.68 Å². The van der Waals surface area contributed by atoms with Crippen LogP contribution in [0.25, 0.3) is 11.3 Å². The molecule has 0 spiro atoms. The molecule has 7 nitrogen and oxygen atoms in total. The number of rotatable bonds is 7. The van der Waals surface area contributed by atoms with Crippen LogP contribution in [0.2, 0.25) is 5.02 Å². The molecule has 1 fully saturated rings. The van der Waals surface area contributed by atoms with Gasteiger partial charge >= 0.3 is 0 Å². The predicted octanol–water partition coefficient (Wildman–Crippen LogP) is 5.00. The van der Waals surface area contributed by atoms with Crippen molar-refractivity contribution in [3.05, 3.63) is 81.6 Å². The molecule has 0 saturated heterocycles. The van der Waals surface area contributed by atoms with E-state index in [4.69, 9.17) is 11.6 Å². The molecule has 1 saturated carbocycles. The molecule has 0 radical (unpaired) electrons. The summed E-state index contributed by atoms with van der Waals surface area (Å²) >= 11 is 6.25. The molecule has 8 heteroatoms. The van der Waals surface area contributed by atoms with Crippen molar-refractivity contribution in [3.63, 3.8) is 0 Å². The third kappa shape index (κ3) is 5.98. The monoisotopic (exact) mass is 492 g/mol. The normalized spacial score (nSPS) is 13.9. The average Bonchev–Trinajstić information content (AvgIpc) is 2.87. The Labute approximate surface area is 209 Å². The van der Waals surface area contributed by atoms with Gasteiger partial charge in [0, 0.05) is 35.5 Å². The minimum absolute atomic E-state index is 0.0270. The molecule has 2 amide bonds. The fourth-order valence-corrected chi connectivity index (χ4v) is 4.80. The van der Waals surface area contributed by atoms with E-state index in [9.17, 15) is 14.4 Å². The predicted molar refractivity (Wildman–Crippen MR) is 138 cm³/mol. The minimum atomic E-state index is -0.417. The van der Waals surface area contributed by atoms with Gasteiger partial charge in [-0.05, 0) is 50.1 Å². The minimum Gasteiger partial charge on any atom is -0.336 e. The smallest absolute Gasteiger partial charge is 0.267 e. The number of amides is 2. The second kappa shape index (κ2) is 11.3. The maximum atomic E-state index is 13.2. The lowest BCUT2D eigenvalue weighted by molar-refractivity contribution is -0.117. The largest absolute Gasteiger partial charge is 0.336 e. The number of aromatic nitrogens is 2. The van der Waals surface area contributed by atoms with E-state index in [1.54, 1.807) is 42.5 Å². The Hall–Kier alpha value is -3.45. The molecular weight excluding hydrogens is 464 g/mol. The van der Waals surface area contributed by atoms with E-state index >= 15 is 0 Å². The molecule has 1 N–H and O–H groups in total. The summed E-state index contributed by atoms with van der Waals surface area (Å²) in [6.45, 7) is 2.38. The quantitative estimate of drug-likeness (QED) is 0.503. The standard InChI is InChI=1S/C27H29ClN4O3/c1-2-31(21-11-4-3-5-12-21)27(35)19-9-8-10-20(17-19)29-25(33)18-32-26(34)16-15-24(30-32)22-13-6-7-14-23(22)28/h6-10,13-17,21H,2-5,11-12,18H2,1H3,(H,29,33). The molecule has 0 aliphatic heterocycles. The Kier molecular flexibility index (Phi) is 7.98. The fraction of sp³-hybridized carbons (Fsp3) is 0.333. The Bertz CT molecular complexity index is 1270. The Morgan fingerprint density at radius 2 is 1.83 bits per heavy atom. The SMILES string of the molecule is CCN(C(=O)c1cccc(NC(=O)Cn2nc(-c3ccccc3Cl)ccc2=O)c1)C1CCCCC1. The number of nitrogens with zero attached hydrogens (tertiary/aromatic N) is 3. The van der Waals surface area contributed by atoms with Crippen LogP contribution in [-0.4, -0.2) is 39.1 Å². The lowest BCUT2D eigenvalue weighted by Crippen LogP contribution is -2.41. The molecule has 4 rings (SSSR count). The zero-order chi connectivity index (χ0) is 24.8. The topological polar surface area (TPSA) is 84.3 Å². The van der Waals surface area contributed by atoms with Gasteiger partial charge < -0.3 is 10.2 Å². The Morgan fingerprint density at radius 1 is 1.06 bits per heavy atom. The van der Waals surface area contributed by atoms with Crippen molar-refractivity contribution >= 4 is 29.1 Å². The van der Waals surface area contributed by atoms with Crippen LogP contribution in [0, 0.1) is 0 Å². The van der Waals surface area contributed by atoms with Gasteiger partial charge in [0.25, 0.3) is 11.5 Å². The van der Waals surface area contributed by atoms with Gasteiger partial charge in [-0.3, -0.25) is 14.4 Å². The van der Waals surface area contributed by atoms with E-state index in [1.807, 2.05) is 24.0 Å². The molecule has 0 unspecified atom stereocenters. The highest BCUT2D eigenvalue weighted by molar-refractivity contribution is 6.33. The molecule has 35 heavy (non-hydrogen) atoms. The number of carbonyl (C=O) groups is 2. The number of benzene rings is 2. The van der Waals surface area contributed by atoms with Crippen molar-refractivity contribution in [2.24, 2.45) is 0 Å². The van der Waals surface area contributed by atoms with Gasteiger partial charge in [-0.1, -0.05) is 55.1 Å². The summed E-state index contributed by atoms with van der Waals surface area (Å²) in [5, 5.41) is 7.60. The van der Waals surface area contributed by atoms with Crippen molar-refractivity contribution in [2.45, 2.75) is 51.6 Å². The third-order valence-corrected chi connectivity index (χ3v) is 6.65. The van der Waals surface area contributed by atoms with Gasteiger partial charge in [0.1, 0.15) is 6.54 Å². The van der Waals surface area contributed by atoms with Crippen LogP contribution in [0.4, 0.5) is 5.69 Å². The summed E-state index contributed by atoms with van der Waals surface area (Å²) in [5.74, 6) is -0.444. The molecule has 0 bridgehead atoms. The molecule has 3 aromatic rings. The van der Waals surface area contributed by atoms with E-state index in [0.717, 1.165) is 30.4 Å². The molecule has 0 atom stereocenters. The Morgan fingerprint density at radius 3 is 2.57 bits per heavy atom. The van der Waals surface area contributed by atoms with Crippen LogP contribution in [0.3, 0.4) is 0 Å². The maximum Gasteiger partial charge on any atom is 0.267 e. The molecule has 1 aliphatic carbocycles. The van der Waals surface area contributed by atoms with E-state index in [2.05, 4.69) is 10.4 Å². The second-order valence-electron chi connectivity index (χ2n) is 8.71. The van der Waals surface area contributed by atoms with E-state index in [0.29, 0.717) is 34.1 Å². The molecule has 1 aromatic heterocycles. The maximum absolute atomic E-state index is 13.2. The summed E-state index contributed by atoms with van der Waals surface area (Å²) < 4.78 is 1.10. The lowest BCUT2D eigenvalue weighted by Gasteiger charge is -2.33. The number of anilines is 1. The first kappa shape index (κ1) is 24.7. The van der Waals surface area contributed by atoms with Gasteiger partial charge in [0.05, 0.1) is 10.7 Å². The second-order valence-corrected chi connectivity index (χ2v) is 9.11. The first-order valence-electron chi connectivity index (χ1n) is 12.0. The van der Waals surface area contributed by atoms with Crippen LogP contribution in [-0.2, 0) is 11.3 Å². The van der Waals surface area contributed by atoms with E-state index < -0.39 is 11.5 Å². The highest BCUT2D eigenvalue weighted by Crippen LogP contribution is 2.26. The number of halogens is 1.